The molecule has 2 fully saturated rings. The predicted molar refractivity (Wildman–Crippen MR) is 138 cm³/mol. The number of phenolic OH excluding ortho intramolecular Hbond substituents is 1. The molecule has 10 heteroatoms. The van der Waals surface area contributed by atoms with Crippen LogP contribution in [-0.4, -0.2) is 45.0 Å². The normalized spacial score (nSPS) is 27.1. The number of phenols is 1. The van der Waals surface area contributed by atoms with Gasteiger partial charge in [-0.3, -0.25) is 14.5 Å². The molecule has 4 unspecified atom stereocenters. The van der Waals surface area contributed by atoms with Crippen molar-refractivity contribution in [3.05, 3.63) is 51.3 Å². The zero-order valence-corrected chi connectivity index (χ0v) is 21.8. The number of carbonyl (C=O) groups excluding carboxylic acids is 2. The van der Waals surface area contributed by atoms with Gasteiger partial charge in [0.1, 0.15) is 17.3 Å². The van der Waals surface area contributed by atoms with Gasteiger partial charge in [-0.05, 0) is 68.7 Å². The van der Waals surface area contributed by atoms with Crippen molar-refractivity contribution in [1.82, 2.24) is 4.90 Å². The molecule has 39 heavy (non-hydrogen) atoms. The minimum absolute atomic E-state index is 0.0152. The number of carbonyl (C=O) groups is 2. The van der Waals surface area contributed by atoms with E-state index in [1.54, 1.807) is 6.92 Å². The van der Waals surface area contributed by atoms with Crippen molar-refractivity contribution in [1.29, 1.82) is 0 Å². The van der Waals surface area contributed by atoms with Crippen molar-refractivity contribution in [2.45, 2.75) is 58.4 Å². The Morgan fingerprint density at radius 2 is 1.79 bits per heavy atom. The van der Waals surface area contributed by atoms with Crippen LogP contribution in [0.25, 0.3) is 11.6 Å². The smallest absolute Gasteiger partial charge is 0.306 e. The maximum atomic E-state index is 14.9. The molecule has 0 spiro atoms. The zero-order chi connectivity index (χ0) is 28.2. The summed E-state index contributed by atoms with van der Waals surface area (Å²) in [6.07, 6.45) is 1.10. The number of fused-ring (bicyclic) bond motifs is 3. The van der Waals surface area contributed by atoms with Gasteiger partial charge in [0, 0.05) is 41.5 Å². The molecule has 1 aromatic carbocycles. The molecular formula is C29H33F3N2O5. The summed E-state index contributed by atoms with van der Waals surface area (Å²) in [5.74, 6) is -6.37. The van der Waals surface area contributed by atoms with Gasteiger partial charge in [-0.2, -0.15) is 8.78 Å². The van der Waals surface area contributed by atoms with Gasteiger partial charge in [-0.15, -0.1) is 0 Å². The van der Waals surface area contributed by atoms with E-state index in [9.17, 15) is 38.1 Å². The number of aliphatic hydroxyl groups is 2. The minimum Gasteiger partial charge on any atom is -0.512 e. The molecule has 0 bridgehead atoms. The number of benzene rings is 1. The van der Waals surface area contributed by atoms with E-state index in [1.807, 2.05) is 4.90 Å². The third-order valence-electron chi connectivity index (χ3n) is 9.02. The fraction of sp³-hybridized carbons (Fsp3) is 0.517. The summed E-state index contributed by atoms with van der Waals surface area (Å²) < 4.78 is 42.0. The average molecular weight is 547 g/mol. The highest BCUT2D eigenvalue weighted by Gasteiger charge is 2.51. The van der Waals surface area contributed by atoms with E-state index in [-0.39, 0.29) is 64.6 Å². The first-order valence-electron chi connectivity index (χ1n) is 13.6. The minimum atomic E-state index is -2.51. The number of nitrogens with zero attached hydrogens (tertiary/aromatic N) is 1. The van der Waals surface area contributed by atoms with Crippen LogP contribution < -0.4 is 5.73 Å². The molecule has 7 nitrogen and oxygen atoms in total. The molecule has 4 atom stereocenters. The van der Waals surface area contributed by atoms with Gasteiger partial charge in [0.05, 0.1) is 11.1 Å². The molecule has 1 saturated heterocycles. The Morgan fingerprint density at radius 1 is 1.10 bits per heavy atom. The van der Waals surface area contributed by atoms with Gasteiger partial charge in [0.2, 0.25) is 5.91 Å². The Balaban J connectivity index is 1.65. The number of halogens is 3. The van der Waals surface area contributed by atoms with E-state index in [1.165, 1.54) is 6.07 Å². The number of amides is 1. The van der Waals surface area contributed by atoms with E-state index in [2.05, 4.69) is 0 Å². The summed E-state index contributed by atoms with van der Waals surface area (Å²) in [7, 11) is 0. The predicted octanol–water partition coefficient (Wildman–Crippen LogP) is 5.29. The fourth-order valence-corrected chi connectivity index (χ4v) is 7.37. The lowest BCUT2D eigenvalue weighted by molar-refractivity contribution is -0.126. The van der Waals surface area contributed by atoms with Gasteiger partial charge < -0.3 is 21.1 Å². The van der Waals surface area contributed by atoms with E-state index in [0.29, 0.717) is 12.8 Å². The monoisotopic (exact) mass is 546 g/mol. The van der Waals surface area contributed by atoms with Crippen LogP contribution in [0.4, 0.5) is 13.2 Å². The van der Waals surface area contributed by atoms with Crippen LogP contribution in [0.5, 0.6) is 5.75 Å². The fourth-order valence-electron chi connectivity index (χ4n) is 7.37. The topological polar surface area (TPSA) is 124 Å². The van der Waals surface area contributed by atoms with Crippen molar-refractivity contribution in [3.8, 4) is 5.75 Å². The van der Waals surface area contributed by atoms with Crippen molar-refractivity contribution in [2.75, 3.05) is 13.1 Å². The highest BCUT2D eigenvalue weighted by molar-refractivity contribution is 6.07. The highest BCUT2D eigenvalue weighted by atomic mass is 19.3. The second-order valence-corrected chi connectivity index (χ2v) is 11.2. The molecule has 5 rings (SSSR count). The summed E-state index contributed by atoms with van der Waals surface area (Å²) in [4.78, 5) is 28.1. The first-order valence-corrected chi connectivity index (χ1v) is 13.6. The lowest BCUT2D eigenvalue weighted by atomic mass is 9.57. The van der Waals surface area contributed by atoms with Gasteiger partial charge >= 0.3 is 6.08 Å². The van der Waals surface area contributed by atoms with Crippen LogP contribution in [0.3, 0.4) is 0 Å². The Bertz CT molecular complexity index is 1320. The third-order valence-corrected chi connectivity index (χ3v) is 9.02. The lowest BCUT2D eigenvalue weighted by Crippen LogP contribution is -2.46. The Hall–Kier alpha value is -3.27. The molecule has 0 radical (unpaired) electrons. The maximum Gasteiger partial charge on any atom is 0.306 e. The number of Topliss-reactive ketones (excluding diaryl/α,β-unsaturated/α-hetero) is 1. The highest BCUT2D eigenvalue weighted by Crippen LogP contribution is 2.54. The van der Waals surface area contributed by atoms with Crippen LogP contribution in [0.1, 0.15) is 67.7 Å². The van der Waals surface area contributed by atoms with Crippen molar-refractivity contribution >= 4 is 23.3 Å². The number of piperidine rings is 1. The van der Waals surface area contributed by atoms with Crippen LogP contribution >= 0.6 is 0 Å². The quantitative estimate of drug-likeness (QED) is 0.398. The number of aromatic hydroxyl groups is 1. The van der Waals surface area contributed by atoms with E-state index < -0.39 is 52.7 Å². The molecule has 1 heterocycles. The molecule has 5 N–H and O–H groups in total. The van der Waals surface area contributed by atoms with Gasteiger partial charge in [-0.1, -0.05) is 13.3 Å². The summed E-state index contributed by atoms with van der Waals surface area (Å²) in [6, 6.07) is 1.23. The van der Waals surface area contributed by atoms with E-state index in [4.69, 9.17) is 5.73 Å². The van der Waals surface area contributed by atoms with Crippen LogP contribution in [0, 0.1) is 23.7 Å². The molecular weight excluding hydrogens is 513 g/mol. The van der Waals surface area contributed by atoms with Gasteiger partial charge in [0.15, 0.2) is 11.6 Å². The number of likely N-dealkylation sites (tertiary alicyclic amines) is 1. The number of rotatable bonds is 5. The van der Waals surface area contributed by atoms with Gasteiger partial charge in [-0.25, -0.2) is 4.39 Å². The summed E-state index contributed by atoms with van der Waals surface area (Å²) in [5.41, 5.74) is 5.23. The van der Waals surface area contributed by atoms with Crippen LogP contribution in [-0.2, 0) is 22.6 Å². The number of allylic oxidation sites excluding steroid dienone is 2. The molecule has 0 aromatic heterocycles. The molecule has 210 valence electrons. The third kappa shape index (κ3) is 4.52. The standard InChI is InChI=1S/C29H33F3N2O5/c1-2-16-20-14(11-19(35)22(16)29(33)39)8-13-9-17-18(24(30)28(31)32)10-15(12-34-6-4-3-5-7-34)25(36)23(17)27(38)21(13)26(20)37/h10,13-14,16,20,35-36,38H,2-9,11-12H2,1H3,(H2,33,39). The molecule has 1 saturated carbocycles. The average Bonchev–Trinajstić information content (AvgIpc) is 2.89. The molecule has 1 amide bonds. The summed E-state index contributed by atoms with van der Waals surface area (Å²) in [6.45, 7) is 3.43. The number of primary amides is 1. The SMILES string of the molecule is CCC1C(C(N)=O)=C(O)CC2CC3Cc4c(C(F)=C(F)F)cc(CN5CCCCC5)c(O)c4C(O)=C3C(=O)C21. The number of ketones is 1. The summed E-state index contributed by atoms with van der Waals surface area (Å²) in [5, 5.41) is 33.3. The molecule has 1 aromatic rings. The van der Waals surface area contributed by atoms with Crippen molar-refractivity contribution in [3.63, 3.8) is 0 Å². The van der Waals surface area contributed by atoms with E-state index >= 15 is 0 Å². The van der Waals surface area contributed by atoms with Gasteiger partial charge in [0.25, 0.3) is 0 Å². The first kappa shape index (κ1) is 27.3. The van der Waals surface area contributed by atoms with E-state index in [0.717, 1.165) is 32.4 Å². The Kier molecular flexibility index (Phi) is 7.26. The number of hydrogen-bond donors (Lipinski definition) is 4. The number of aliphatic hydroxyl groups excluding tert-OH is 2. The second kappa shape index (κ2) is 10.4. The Labute approximate surface area is 224 Å². The van der Waals surface area contributed by atoms with Crippen LogP contribution in [0.2, 0.25) is 0 Å². The molecule has 1 aliphatic heterocycles. The van der Waals surface area contributed by atoms with Crippen molar-refractivity contribution in [2.24, 2.45) is 29.4 Å². The number of hydrogen-bond acceptors (Lipinski definition) is 6. The maximum absolute atomic E-state index is 14.9. The largest absolute Gasteiger partial charge is 0.512 e. The zero-order valence-electron chi connectivity index (χ0n) is 21.8. The lowest BCUT2D eigenvalue weighted by Gasteiger charge is -2.45. The molecule has 4 aliphatic rings. The molecule has 3 aliphatic carbocycles. The first-order chi connectivity index (χ1) is 18.5. The number of nitrogens with two attached hydrogens (primary N) is 1. The van der Waals surface area contributed by atoms with Crippen molar-refractivity contribution < 1.29 is 38.1 Å². The summed E-state index contributed by atoms with van der Waals surface area (Å²) >= 11 is 0. The Morgan fingerprint density at radius 3 is 2.41 bits per heavy atom. The van der Waals surface area contributed by atoms with Crippen LogP contribution in [0.15, 0.2) is 29.1 Å². The second-order valence-electron chi connectivity index (χ2n) is 11.2.